The lowest BCUT2D eigenvalue weighted by Crippen LogP contribution is -2.10. The molecule has 0 bridgehead atoms. The van der Waals surface area contributed by atoms with Crippen LogP contribution < -0.4 is 4.74 Å². The lowest BCUT2D eigenvalue weighted by molar-refractivity contribution is 0.296. The second-order valence-corrected chi connectivity index (χ2v) is 4.94. The number of aromatic nitrogens is 1. The minimum absolute atomic E-state index is 0.708. The maximum Gasteiger partial charge on any atom is 0.119 e. The normalized spacial score (nSPS) is 10.7. The number of hydrogen-bond acceptors (Lipinski definition) is 1. The van der Waals surface area contributed by atoms with E-state index in [1.54, 1.807) is 0 Å². The van der Waals surface area contributed by atoms with E-state index in [-0.39, 0.29) is 0 Å². The van der Waals surface area contributed by atoms with Crippen molar-refractivity contribution < 1.29 is 4.74 Å². The Balaban J connectivity index is 1.96. The third-order valence-electron chi connectivity index (χ3n) is 3.20. The smallest absolute Gasteiger partial charge is 0.119 e. The van der Waals surface area contributed by atoms with E-state index in [9.17, 15) is 0 Å². The number of ether oxygens (including phenoxy) is 1. The van der Waals surface area contributed by atoms with Gasteiger partial charge >= 0.3 is 0 Å². The Hall–Kier alpha value is -1.70. The molecule has 2 nitrogen and oxygen atoms in total. The SMILES string of the molecule is Cc1cc(C)cc(OCCn2c(C)ccc2C)c1. The summed E-state index contributed by atoms with van der Waals surface area (Å²) in [4.78, 5) is 0. The van der Waals surface area contributed by atoms with E-state index >= 15 is 0 Å². The van der Waals surface area contributed by atoms with Crippen LogP contribution in [0.25, 0.3) is 0 Å². The molecule has 0 saturated heterocycles. The average Bonchev–Trinajstić information content (AvgIpc) is 2.59. The second kappa shape index (κ2) is 5.30. The van der Waals surface area contributed by atoms with Crippen LogP contribution in [0.2, 0.25) is 0 Å². The topological polar surface area (TPSA) is 14.2 Å². The minimum Gasteiger partial charge on any atom is -0.492 e. The summed E-state index contributed by atoms with van der Waals surface area (Å²) in [5.74, 6) is 0.968. The highest BCUT2D eigenvalue weighted by Crippen LogP contribution is 2.16. The van der Waals surface area contributed by atoms with Gasteiger partial charge in [-0.25, -0.2) is 0 Å². The molecule has 1 heterocycles. The van der Waals surface area contributed by atoms with E-state index in [1.165, 1.54) is 22.5 Å². The molecule has 2 aromatic rings. The summed E-state index contributed by atoms with van der Waals surface area (Å²) >= 11 is 0. The van der Waals surface area contributed by atoms with E-state index in [2.05, 4.69) is 62.6 Å². The summed E-state index contributed by atoms with van der Waals surface area (Å²) in [6.07, 6.45) is 0. The zero-order valence-corrected chi connectivity index (χ0v) is 11.7. The molecule has 0 saturated carbocycles. The number of aryl methyl sites for hydroxylation is 4. The van der Waals surface area contributed by atoms with Crippen LogP contribution in [0.5, 0.6) is 5.75 Å². The Labute approximate surface area is 109 Å². The van der Waals surface area contributed by atoms with Gasteiger partial charge in [0, 0.05) is 11.4 Å². The zero-order chi connectivity index (χ0) is 13.1. The molecule has 0 amide bonds. The van der Waals surface area contributed by atoms with Crippen LogP contribution in [0.15, 0.2) is 30.3 Å². The lowest BCUT2D eigenvalue weighted by atomic mass is 10.1. The molecule has 0 aliphatic rings. The van der Waals surface area contributed by atoms with Crippen molar-refractivity contribution in [1.82, 2.24) is 4.57 Å². The Morgan fingerprint density at radius 2 is 1.44 bits per heavy atom. The molecule has 1 aromatic carbocycles. The first-order valence-electron chi connectivity index (χ1n) is 6.40. The van der Waals surface area contributed by atoms with Gasteiger partial charge in [0.2, 0.25) is 0 Å². The first kappa shape index (κ1) is 12.7. The fraction of sp³-hybridized carbons (Fsp3) is 0.375. The summed E-state index contributed by atoms with van der Waals surface area (Å²) in [6.45, 7) is 10.1. The molecule has 18 heavy (non-hydrogen) atoms. The van der Waals surface area contributed by atoms with Crippen LogP contribution in [0.4, 0.5) is 0 Å². The van der Waals surface area contributed by atoms with Crippen LogP contribution in [0.3, 0.4) is 0 Å². The zero-order valence-electron chi connectivity index (χ0n) is 11.7. The van der Waals surface area contributed by atoms with Crippen molar-refractivity contribution in [1.29, 1.82) is 0 Å². The molecule has 1 aromatic heterocycles. The molecule has 0 atom stereocenters. The van der Waals surface area contributed by atoms with Gasteiger partial charge in [-0.05, 0) is 63.1 Å². The van der Waals surface area contributed by atoms with Crippen LogP contribution in [-0.4, -0.2) is 11.2 Å². The molecule has 0 fully saturated rings. The van der Waals surface area contributed by atoms with Crippen molar-refractivity contribution in [2.75, 3.05) is 6.61 Å². The Morgan fingerprint density at radius 1 is 0.889 bits per heavy atom. The average molecular weight is 243 g/mol. The Kier molecular flexibility index (Phi) is 3.75. The third-order valence-corrected chi connectivity index (χ3v) is 3.20. The molecule has 96 valence electrons. The Morgan fingerprint density at radius 3 is 2.00 bits per heavy atom. The van der Waals surface area contributed by atoms with Gasteiger partial charge in [-0.2, -0.15) is 0 Å². The summed E-state index contributed by atoms with van der Waals surface area (Å²) in [7, 11) is 0. The van der Waals surface area contributed by atoms with E-state index < -0.39 is 0 Å². The predicted molar refractivity (Wildman–Crippen MR) is 75.3 cm³/mol. The standard InChI is InChI=1S/C16H21NO/c1-12-9-13(2)11-16(10-12)18-8-7-17-14(3)5-6-15(17)4/h5-6,9-11H,7-8H2,1-4H3. The molecule has 0 N–H and O–H groups in total. The van der Waals surface area contributed by atoms with E-state index in [0.29, 0.717) is 6.61 Å². The number of rotatable bonds is 4. The summed E-state index contributed by atoms with van der Waals surface area (Å²) in [6, 6.07) is 10.6. The summed E-state index contributed by atoms with van der Waals surface area (Å²) in [5, 5.41) is 0. The van der Waals surface area contributed by atoms with Crippen molar-refractivity contribution in [3.8, 4) is 5.75 Å². The van der Waals surface area contributed by atoms with Crippen molar-refractivity contribution in [3.05, 3.63) is 52.8 Å². The molecule has 0 radical (unpaired) electrons. The minimum atomic E-state index is 0.708. The number of nitrogens with zero attached hydrogens (tertiary/aromatic N) is 1. The third kappa shape index (κ3) is 2.95. The van der Waals surface area contributed by atoms with Crippen LogP contribution in [0, 0.1) is 27.7 Å². The largest absolute Gasteiger partial charge is 0.492 e. The first-order valence-corrected chi connectivity index (χ1v) is 6.40. The van der Waals surface area contributed by atoms with Gasteiger partial charge in [0.05, 0.1) is 6.54 Å². The van der Waals surface area contributed by atoms with Gasteiger partial charge < -0.3 is 9.30 Å². The Bertz CT molecular complexity index is 500. The van der Waals surface area contributed by atoms with Gasteiger partial charge in [-0.3, -0.25) is 0 Å². The van der Waals surface area contributed by atoms with Gasteiger partial charge in [0.15, 0.2) is 0 Å². The quantitative estimate of drug-likeness (QED) is 0.796. The monoisotopic (exact) mass is 243 g/mol. The molecular weight excluding hydrogens is 222 g/mol. The van der Waals surface area contributed by atoms with Crippen molar-refractivity contribution in [2.24, 2.45) is 0 Å². The van der Waals surface area contributed by atoms with Crippen molar-refractivity contribution in [3.63, 3.8) is 0 Å². The first-order chi connectivity index (χ1) is 8.56. The predicted octanol–water partition coefficient (Wildman–Crippen LogP) is 3.80. The molecule has 0 aliphatic heterocycles. The van der Waals surface area contributed by atoms with Crippen molar-refractivity contribution in [2.45, 2.75) is 34.2 Å². The summed E-state index contributed by atoms with van der Waals surface area (Å²) in [5.41, 5.74) is 5.07. The molecular formula is C16H21NO. The van der Waals surface area contributed by atoms with Gasteiger partial charge in [0.1, 0.15) is 12.4 Å². The van der Waals surface area contributed by atoms with Crippen molar-refractivity contribution >= 4 is 0 Å². The highest BCUT2D eigenvalue weighted by molar-refractivity contribution is 5.32. The fourth-order valence-corrected chi connectivity index (χ4v) is 2.32. The number of benzene rings is 1. The highest BCUT2D eigenvalue weighted by Gasteiger charge is 2.01. The molecule has 0 spiro atoms. The number of hydrogen-bond donors (Lipinski definition) is 0. The van der Waals surface area contributed by atoms with Crippen LogP contribution in [-0.2, 0) is 6.54 Å². The molecule has 2 heteroatoms. The maximum atomic E-state index is 5.83. The maximum absolute atomic E-state index is 5.83. The molecule has 2 rings (SSSR count). The highest BCUT2D eigenvalue weighted by atomic mass is 16.5. The van der Waals surface area contributed by atoms with E-state index in [0.717, 1.165) is 12.3 Å². The van der Waals surface area contributed by atoms with Crippen LogP contribution >= 0.6 is 0 Å². The van der Waals surface area contributed by atoms with Crippen LogP contribution in [0.1, 0.15) is 22.5 Å². The fourth-order valence-electron chi connectivity index (χ4n) is 2.32. The van der Waals surface area contributed by atoms with E-state index in [1.807, 2.05) is 0 Å². The second-order valence-electron chi connectivity index (χ2n) is 4.94. The lowest BCUT2D eigenvalue weighted by Gasteiger charge is -2.11. The van der Waals surface area contributed by atoms with Gasteiger partial charge in [0.25, 0.3) is 0 Å². The molecule has 0 aliphatic carbocycles. The molecule has 0 unspecified atom stereocenters. The van der Waals surface area contributed by atoms with Gasteiger partial charge in [-0.15, -0.1) is 0 Å². The van der Waals surface area contributed by atoms with E-state index in [4.69, 9.17) is 4.74 Å². The summed E-state index contributed by atoms with van der Waals surface area (Å²) < 4.78 is 8.11. The van der Waals surface area contributed by atoms with Gasteiger partial charge in [-0.1, -0.05) is 6.07 Å².